The molecule has 6 heteroatoms. The van der Waals surface area contributed by atoms with E-state index in [4.69, 9.17) is 17.3 Å². The molecule has 96 valence electrons. The Bertz CT molecular complexity index is 702. The second kappa shape index (κ2) is 4.78. The fourth-order valence-electron chi connectivity index (χ4n) is 1.93. The van der Waals surface area contributed by atoms with E-state index in [9.17, 15) is 0 Å². The first-order valence-corrected chi connectivity index (χ1v) is 6.18. The summed E-state index contributed by atoms with van der Waals surface area (Å²) in [5, 5.41) is 4.68. The minimum atomic E-state index is 0.163. The molecule has 0 unspecified atom stereocenters. The number of anilines is 2. The van der Waals surface area contributed by atoms with Crippen molar-refractivity contribution in [2.45, 2.75) is 6.54 Å². The summed E-state index contributed by atoms with van der Waals surface area (Å²) in [6.07, 6.45) is 1.92. The molecular formula is C13H12ClN5. The zero-order valence-corrected chi connectivity index (χ0v) is 10.8. The van der Waals surface area contributed by atoms with E-state index in [0.29, 0.717) is 17.5 Å². The Morgan fingerprint density at radius 2 is 2.11 bits per heavy atom. The van der Waals surface area contributed by atoms with E-state index >= 15 is 0 Å². The number of nitrogens with one attached hydrogen (secondary N) is 2. The first-order valence-electron chi connectivity index (χ1n) is 5.81. The third-order valence-electron chi connectivity index (χ3n) is 2.80. The van der Waals surface area contributed by atoms with Crippen LogP contribution in [-0.4, -0.2) is 15.0 Å². The van der Waals surface area contributed by atoms with Crippen LogP contribution in [0, 0.1) is 0 Å². The number of aromatic amines is 1. The Balaban J connectivity index is 1.77. The number of nitrogen functional groups attached to an aromatic ring is 1. The summed E-state index contributed by atoms with van der Waals surface area (Å²) in [5.41, 5.74) is 7.81. The summed E-state index contributed by atoms with van der Waals surface area (Å²) < 4.78 is 0. The van der Waals surface area contributed by atoms with Crippen molar-refractivity contribution in [1.82, 2.24) is 15.0 Å². The van der Waals surface area contributed by atoms with Crippen LogP contribution >= 0.6 is 11.6 Å². The van der Waals surface area contributed by atoms with Gasteiger partial charge in [-0.05, 0) is 29.1 Å². The molecule has 0 aliphatic rings. The van der Waals surface area contributed by atoms with Crippen LogP contribution in [0.4, 0.5) is 11.8 Å². The SMILES string of the molecule is Nc1nc(Cl)cc(NCc2ccc3[nH]ccc3c2)n1. The smallest absolute Gasteiger partial charge is 0.223 e. The second-order valence-corrected chi connectivity index (χ2v) is 4.57. The van der Waals surface area contributed by atoms with Gasteiger partial charge in [-0.15, -0.1) is 0 Å². The third-order valence-corrected chi connectivity index (χ3v) is 3.00. The number of nitrogens with two attached hydrogens (primary N) is 1. The number of halogens is 1. The number of hydrogen-bond donors (Lipinski definition) is 3. The molecule has 3 rings (SSSR count). The fraction of sp³-hybridized carbons (Fsp3) is 0.0769. The molecule has 0 atom stereocenters. The number of nitrogens with zero attached hydrogens (tertiary/aromatic N) is 2. The fourth-order valence-corrected chi connectivity index (χ4v) is 2.12. The Morgan fingerprint density at radius 3 is 2.95 bits per heavy atom. The Morgan fingerprint density at radius 1 is 1.21 bits per heavy atom. The molecule has 1 aromatic carbocycles. The van der Waals surface area contributed by atoms with Crippen LogP contribution < -0.4 is 11.1 Å². The van der Waals surface area contributed by atoms with E-state index in [0.717, 1.165) is 11.1 Å². The highest BCUT2D eigenvalue weighted by atomic mass is 35.5. The van der Waals surface area contributed by atoms with Crippen molar-refractivity contribution in [1.29, 1.82) is 0 Å². The molecule has 2 heterocycles. The van der Waals surface area contributed by atoms with Crippen LogP contribution in [0.25, 0.3) is 10.9 Å². The van der Waals surface area contributed by atoms with Gasteiger partial charge in [-0.3, -0.25) is 0 Å². The molecule has 19 heavy (non-hydrogen) atoms. The summed E-state index contributed by atoms with van der Waals surface area (Å²) in [7, 11) is 0. The summed E-state index contributed by atoms with van der Waals surface area (Å²) >= 11 is 5.82. The van der Waals surface area contributed by atoms with Crippen molar-refractivity contribution in [2.75, 3.05) is 11.1 Å². The summed E-state index contributed by atoms with van der Waals surface area (Å²) in [6.45, 7) is 0.647. The van der Waals surface area contributed by atoms with Gasteiger partial charge >= 0.3 is 0 Å². The molecule has 3 aromatic rings. The molecule has 0 spiro atoms. The lowest BCUT2D eigenvalue weighted by Gasteiger charge is -2.06. The molecule has 5 nitrogen and oxygen atoms in total. The topological polar surface area (TPSA) is 79.6 Å². The maximum atomic E-state index is 5.82. The maximum Gasteiger partial charge on any atom is 0.223 e. The molecule has 0 aliphatic heterocycles. The van der Waals surface area contributed by atoms with Gasteiger partial charge in [0.1, 0.15) is 11.0 Å². The number of rotatable bonds is 3. The standard InChI is InChI=1S/C13H12ClN5/c14-11-6-12(19-13(15)18-11)17-7-8-1-2-10-9(5-8)3-4-16-10/h1-6,16H,7H2,(H3,15,17,18,19). The predicted octanol–water partition coefficient (Wildman–Crippen LogP) is 2.81. The zero-order chi connectivity index (χ0) is 13.2. The van der Waals surface area contributed by atoms with Crippen LogP contribution in [-0.2, 0) is 6.54 Å². The van der Waals surface area contributed by atoms with Crippen molar-refractivity contribution in [3.05, 3.63) is 47.2 Å². The van der Waals surface area contributed by atoms with Gasteiger partial charge in [0.15, 0.2) is 0 Å². The summed E-state index contributed by atoms with van der Waals surface area (Å²) in [5.74, 6) is 0.780. The average Bonchev–Trinajstić information content (AvgIpc) is 2.82. The Labute approximate surface area is 114 Å². The lowest BCUT2D eigenvalue weighted by atomic mass is 10.1. The van der Waals surface area contributed by atoms with Crippen molar-refractivity contribution >= 4 is 34.3 Å². The van der Waals surface area contributed by atoms with E-state index in [-0.39, 0.29) is 5.95 Å². The van der Waals surface area contributed by atoms with E-state index in [1.54, 1.807) is 6.07 Å². The quantitative estimate of drug-likeness (QED) is 0.641. The monoisotopic (exact) mass is 273 g/mol. The molecule has 0 fully saturated rings. The van der Waals surface area contributed by atoms with Crippen molar-refractivity contribution < 1.29 is 0 Å². The Kier molecular flexibility index (Phi) is 2.97. The highest BCUT2D eigenvalue weighted by molar-refractivity contribution is 6.29. The van der Waals surface area contributed by atoms with Crippen molar-refractivity contribution in [3.63, 3.8) is 0 Å². The van der Waals surface area contributed by atoms with Gasteiger partial charge in [0.25, 0.3) is 0 Å². The van der Waals surface area contributed by atoms with Crippen LogP contribution in [0.15, 0.2) is 36.5 Å². The summed E-state index contributed by atoms with van der Waals surface area (Å²) in [6, 6.07) is 9.90. The van der Waals surface area contributed by atoms with Gasteiger partial charge < -0.3 is 16.0 Å². The highest BCUT2D eigenvalue weighted by Gasteiger charge is 2.01. The molecule has 0 aliphatic carbocycles. The minimum absolute atomic E-state index is 0.163. The van der Waals surface area contributed by atoms with Gasteiger partial charge in [0.05, 0.1) is 0 Å². The van der Waals surface area contributed by atoms with Crippen LogP contribution in [0.2, 0.25) is 5.15 Å². The average molecular weight is 274 g/mol. The van der Waals surface area contributed by atoms with E-state index in [2.05, 4.69) is 32.4 Å². The number of benzene rings is 1. The normalized spacial score (nSPS) is 10.8. The van der Waals surface area contributed by atoms with Crippen LogP contribution in [0.1, 0.15) is 5.56 Å². The lowest BCUT2D eigenvalue weighted by molar-refractivity contribution is 1.09. The highest BCUT2D eigenvalue weighted by Crippen LogP contribution is 2.16. The summed E-state index contributed by atoms with van der Waals surface area (Å²) in [4.78, 5) is 11.0. The third kappa shape index (κ3) is 2.61. The molecule has 0 amide bonds. The first kappa shape index (κ1) is 11.8. The van der Waals surface area contributed by atoms with Crippen LogP contribution in [0.3, 0.4) is 0 Å². The van der Waals surface area contributed by atoms with E-state index in [1.807, 2.05) is 18.3 Å². The number of H-pyrrole nitrogens is 1. The maximum absolute atomic E-state index is 5.82. The molecular weight excluding hydrogens is 262 g/mol. The van der Waals surface area contributed by atoms with Gasteiger partial charge in [-0.1, -0.05) is 17.7 Å². The van der Waals surface area contributed by atoms with Gasteiger partial charge in [-0.25, -0.2) is 4.98 Å². The van der Waals surface area contributed by atoms with Crippen molar-refractivity contribution in [2.24, 2.45) is 0 Å². The molecule has 4 N–H and O–H groups in total. The number of aromatic nitrogens is 3. The second-order valence-electron chi connectivity index (χ2n) is 4.19. The first-order chi connectivity index (χ1) is 9.20. The largest absolute Gasteiger partial charge is 0.368 e. The molecule has 2 aromatic heterocycles. The number of fused-ring (bicyclic) bond motifs is 1. The molecule has 0 radical (unpaired) electrons. The van der Waals surface area contributed by atoms with Gasteiger partial charge in [-0.2, -0.15) is 4.98 Å². The van der Waals surface area contributed by atoms with Gasteiger partial charge in [0, 0.05) is 24.3 Å². The minimum Gasteiger partial charge on any atom is -0.368 e. The Hall–Kier alpha value is -2.27. The molecule has 0 bridgehead atoms. The molecule has 0 saturated carbocycles. The van der Waals surface area contributed by atoms with Gasteiger partial charge in [0.2, 0.25) is 5.95 Å². The number of hydrogen-bond acceptors (Lipinski definition) is 4. The predicted molar refractivity (Wildman–Crippen MR) is 77.1 cm³/mol. The van der Waals surface area contributed by atoms with Crippen molar-refractivity contribution in [3.8, 4) is 0 Å². The molecule has 0 saturated heterocycles. The lowest BCUT2D eigenvalue weighted by Crippen LogP contribution is -2.04. The zero-order valence-electron chi connectivity index (χ0n) is 10.0. The van der Waals surface area contributed by atoms with E-state index in [1.165, 1.54) is 5.39 Å². The van der Waals surface area contributed by atoms with Crippen LogP contribution in [0.5, 0.6) is 0 Å². The van der Waals surface area contributed by atoms with E-state index < -0.39 is 0 Å².